The van der Waals surface area contributed by atoms with E-state index in [0.717, 1.165) is 24.5 Å². The van der Waals surface area contributed by atoms with E-state index < -0.39 is 0 Å². The van der Waals surface area contributed by atoms with Crippen molar-refractivity contribution in [3.63, 3.8) is 0 Å². The first kappa shape index (κ1) is 19.2. The molecule has 0 saturated carbocycles. The largest absolute Gasteiger partial charge is 0.497 e. The SMILES string of the molecule is COc1ccc([C@@H](CNC(=O)c2ccc(N(C)C)cc2)N2CCCC2)cc1. The zero-order valence-corrected chi connectivity index (χ0v) is 16.4. The standard InChI is InChI=1S/C22H29N3O2/c1-24(2)19-10-6-18(7-11-19)22(26)23-16-21(25-14-4-5-15-25)17-8-12-20(27-3)13-9-17/h6-13,21H,4-5,14-16H2,1-3H3,(H,23,26)/t21-/m1/s1. The average Bonchev–Trinajstić information content (AvgIpc) is 3.23. The van der Waals surface area contributed by atoms with Gasteiger partial charge in [-0.1, -0.05) is 12.1 Å². The predicted octanol–water partition coefficient (Wildman–Crippen LogP) is 3.33. The molecule has 3 rings (SSSR count). The molecule has 1 saturated heterocycles. The molecule has 2 aromatic carbocycles. The van der Waals surface area contributed by atoms with Crippen molar-refractivity contribution in [2.75, 3.05) is 45.7 Å². The van der Waals surface area contributed by atoms with Crippen molar-refractivity contribution in [1.82, 2.24) is 10.2 Å². The van der Waals surface area contributed by atoms with Gasteiger partial charge in [-0.2, -0.15) is 0 Å². The second kappa shape index (κ2) is 8.91. The first-order chi connectivity index (χ1) is 13.1. The van der Waals surface area contributed by atoms with Gasteiger partial charge >= 0.3 is 0 Å². The molecule has 1 atom stereocenters. The highest BCUT2D eigenvalue weighted by atomic mass is 16.5. The topological polar surface area (TPSA) is 44.8 Å². The summed E-state index contributed by atoms with van der Waals surface area (Å²) in [4.78, 5) is 17.1. The van der Waals surface area contributed by atoms with Crippen LogP contribution in [-0.4, -0.2) is 51.6 Å². The van der Waals surface area contributed by atoms with Gasteiger partial charge < -0.3 is 15.0 Å². The quantitative estimate of drug-likeness (QED) is 0.815. The molecule has 1 fully saturated rings. The Bertz CT molecular complexity index is 735. The van der Waals surface area contributed by atoms with E-state index in [-0.39, 0.29) is 11.9 Å². The predicted molar refractivity (Wildman–Crippen MR) is 110 cm³/mol. The molecule has 0 radical (unpaired) electrons. The molecule has 0 spiro atoms. The molecule has 0 bridgehead atoms. The van der Waals surface area contributed by atoms with Gasteiger partial charge in [-0.05, 0) is 67.9 Å². The van der Waals surface area contributed by atoms with Crippen molar-refractivity contribution in [3.8, 4) is 5.75 Å². The molecular weight excluding hydrogens is 338 g/mol. The smallest absolute Gasteiger partial charge is 0.251 e. The Morgan fingerprint density at radius 3 is 2.26 bits per heavy atom. The number of carbonyl (C=O) groups is 1. The number of hydrogen-bond acceptors (Lipinski definition) is 4. The monoisotopic (exact) mass is 367 g/mol. The number of nitrogens with zero attached hydrogens (tertiary/aromatic N) is 2. The summed E-state index contributed by atoms with van der Waals surface area (Å²) in [7, 11) is 5.66. The van der Waals surface area contributed by atoms with Crippen LogP contribution in [0.3, 0.4) is 0 Å². The minimum absolute atomic E-state index is 0.0296. The van der Waals surface area contributed by atoms with E-state index in [9.17, 15) is 4.79 Å². The summed E-state index contributed by atoms with van der Waals surface area (Å²) in [6.07, 6.45) is 2.43. The van der Waals surface area contributed by atoms with Crippen LogP contribution in [0.4, 0.5) is 5.69 Å². The molecule has 2 aromatic rings. The molecule has 27 heavy (non-hydrogen) atoms. The van der Waals surface area contributed by atoms with Crippen molar-refractivity contribution in [2.45, 2.75) is 18.9 Å². The zero-order valence-electron chi connectivity index (χ0n) is 16.4. The maximum absolute atomic E-state index is 12.6. The van der Waals surface area contributed by atoms with Crippen molar-refractivity contribution in [2.24, 2.45) is 0 Å². The van der Waals surface area contributed by atoms with Gasteiger partial charge in [-0.25, -0.2) is 0 Å². The second-order valence-electron chi connectivity index (χ2n) is 7.18. The maximum Gasteiger partial charge on any atom is 0.251 e. The van der Waals surface area contributed by atoms with E-state index in [1.54, 1.807) is 7.11 Å². The molecule has 5 heteroatoms. The minimum atomic E-state index is -0.0296. The van der Waals surface area contributed by atoms with Crippen LogP contribution in [0, 0.1) is 0 Å². The Hall–Kier alpha value is -2.53. The Labute approximate surface area is 161 Å². The third kappa shape index (κ3) is 4.80. The van der Waals surface area contributed by atoms with Crippen molar-refractivity contribution in [1.29, 1.82) is 0 Å². The van der Waals surface area contributed by atoms with Gasteiger partial charge in [-0.15, -0.1) is 0 Å². The average molecular weight is 367 g/mol. The number of amides is 1. The first-order valence-corrected chi connectivity index (χ1v) is 9.52. The Kier molecular flexibility index (Phi) is 6.35. The zero-order chi connectivity index (χ0) is 19.2. The lowest BCUT2D eigenvalue weighted by Gasteiger charge is -2.28. The third-order valence-corrected chi connectivity index (χ3v) is 5.18. The summed E-state index contributed by atoms with van der Waals surface area (Å²) in [6, 6.07) is 16.0. The molecule has 144 valence electrons. The van der Waals surface area contributed by atoms with E-state index >= 15 is 0 Å². The summed E-state index contributed by atoms with van der Waals surface area (Å²) in [5.41, 5.74) is 2.98. The molecule has 1 aliphatic rings. The highest BCUT2D eigenvalue weighted by molar-refractivity contribution is 5.94. The second-order valence-corrected chi connectivity index (χ2v) is 7.18. The molecule has 5 nitrogen and oxygen atoms in total. The summed E-state index contributed by atoms with van der Waals surface area (Å²) in [6.45, 7) is 2.74. The number of ether oxygens (including phenoxy) is 1. The number of hydrogen-bond donors (Lipinski definition) is 1. The maximum atomic E-state index is 12.6. The van der Waals surface area contributed by atoms with Gasteiger partial charge in [0.2, 0.25) is 0 Å². The number of benzene rings is 2. The first-order valence-electron chi connectivity index (χ1n) is 9.52. The van der Waals surface area contributed by atoms with Crippen LogP contribution >= 0.6 is 0 Å². The third-order valence-electron chi connectivity index (χ3n) is 5.18. The number of carbonyl (C=O) groups excluding carboxylic acids is 1. The van der Waals surface area contributed by atoms with Gasteiger partial charge in [0.05, 0.1) is 13.2 Å². The summed E-state index contributed by atoms with van der Waals surface area (Å²) >= 11 is 0. The summed E-state index contributed by atoms with van der Waals surface area (Å²) in [5.74, 6) is 0.821. The fourth-order valence-corrected chi connectivity index (χ4v) is 3.54. The van der Waals surface area contributed by atoms with Gasteiger partial charge in [0.1, 0.15) is 5.75 Å². The van der Waals surface area contributed by atoms with Crippen LogP contribution in [0.1, 0.15) is 34.8 Å². The van der Waals surface area contributed by atoms with Gasteiger partial charge in [-0.3, -0.25) is 9.69 Å². The van der Waals surface area contributed by atoms with E-state index in [4.69, 9.17) is 4.74 Å². The highest BCUT2D eigenvalue weighted by Gasteiger charge is 2.24. The Morgan fingerprint density at radius 1 is 1.07 bits per heavy atom. The van der Waals surface area contributed by atoms with Gasteiger partial charge in [0, 0.05) is 31.9 Å². The number of methoxy groups -OCH3 is 1. The molecule has 1 heterocycles. The Morgan fingerprint density at radius 2 is 1.70 bits per heavy atom. The van der Waals surface area contributed by atoms with Crippen LogP contribution < -0.4 is 15.0 Å². The number of likely N-dealkylation sites (tertiary alicyclic amines) is 1. The lowest BCUT2D eigenvalue weighted by molar-refractivity contribution is 0.0938. The number of nitrogens with one attached hydrogen (secondary N) is 1. The van der Waals surface area contributed by atoms with Crippen LogP contribution in [0.15, 0.2) is 48.5 Å². The number of rotatable bonds is 7. The fraction of sp³-hybridized carbons (Fsp3) is 0.409. The number of anilines is 1. The molecule has 1 amide bonds. The van der Waals surface area contributed by atoms with Crippen LogP contribution in [-0.2, 0) is 0 Å². The fourth-order valence-electron chi connectivity index (χ4n) is 3.54. The molecule has 1 aliphatic heterocycles. The van der Waals surface area contributed by atoms with Crippen LogP contribution in [0.25, 0.3) is 0 Å². The Balaban J connectivity index is 1.69. The van der Waals surface area contributed by atoms with Crippen molar-refractivity contribution < 1.29 is 9.53 Å². The lowest BCUT2D eigenvalue weighted by Crippen LogP contribution is -2.36. The molecule has 0 aromatic heterocycles. The van der Waals surface area contributed by atoms with E-state index in [2.05, 4.69) is 22.3 Å². The molecule has 0 unspecified atom stereocenters. The highest BCUT2D eigenvalue weighted by Crippen LogP contribution is 2.26. The molecular formula is C22H29N3O2. The van der Waals surface area contributed by atoms with Crippen molar-refractivity contribution in [3.05, 3.63) is 59.7 Å². The van der Waals surface area contributed by atoms with Gasteiger partial charge in [0.25, 0.3) is 5.91 Å². The summed E-state index contributed by atoms with van der Waals surface area (Å²) in [5, 5.41) is 3.13. The van der Waals surface area contributed by atoms with Crippen LogP contribution in [0.5, 0.6) is 5.75 Å². The molecule has 1 N–H and O–H groups in total. The van der Waals surface area contributed by atoms with Crippen LogP contribution in [0.2, 0.25) is 0 Å². The van der Waals surface area contributed by atoms with E-state index in [1.807, 2.05) is 55.4 Å². The van der Waals surface area contributed by atoms with Gasteiger partial charge in [0.15, 0.2) is 0 Å². The molecule has 0 aliphatic carbocycles. The summed E-state index contributed by atoms with van der Waals surface area (Å²) < 4.78 is 5.27. The lowest BCUT2D eigenvalue weighted by atomic mass is 10.0. The minimum Gasteiger partial charge on any atom is -0.497 e. The van der Waals surface area contributed by atoms with E-state index in [1.165, 1.54) is 18.4 Å². The normalized spacial score (nSPS) is 15.4. The van der Waals surface area contributed by atoms with Crippen molar-refractivity contribution >= 4 is 11.6 Å². The van der Waals surface area contributed by atoms with E-state index in [0.29, 0.717) is 12.1 Å².